The standard InChI is InChI=1S/C14H22FNS/c1-4-13(10-17-3)16-14(5-2)11-6-8-12(15)9-7-11/h6-9,13-14,16H,4-5,10H2,1-3H3. The van der Waals surface area contributed by atoms with Gasteiger partial charge < -0.3 is 5.32 Å². The highest BCUT2D eigenvalue weighted by atomic mass is 32.2. The molecule has 2 atom stereocenters. The van der Waals surface area contributed by atoms with Gasteiger partial charge in [0, 0.05) is 17.8 Å². The van der Waals surface area contributed by atoms with E-state index in [0.717, 1.165) is 18.6 Å². The highest BCUT2D eigenvalue weighted by Gasteiger charge is 2.13. The van der Waals surface area contributed by atoms with Crippen LogP contribution >= 0.6 is 11.8 Å². The fourth-order valence-electron chi connectivity index (χ4n) is 1.91. The summed E-state index contributed by atoms with van der Waals surface area (Å²) in [6.45, 7) is 4.36. The van der Waals surface area contributed by atoms with Crippen molar-refractivity contribution in [2.45, 2.75) is 38.8 Å². The summed E-state index contributed by atoms with van der Waals surface area (Å²) in [6.07, 6.45) is 4.28. The molecule has 1 aromatic carbocycles. The number of hydrogen-bond acceptors (Lipinski definition) is 2. The first-order valence-electron chi connectivity index (χ1n) is 6.21. The number of thioether (sulfide) groups is 1. The van der Waals surface area contributed by atoms with Crippen LogP contribution in [0.4, 0.5) is 4.39 Å². The van der Waals surface area contributed by atoms with Crippen molar-refractivity contribution in [2.24, 2.45) is 0 Å². The normalized spacial score (nSPS) is 14.6. The first-order valence-corrected chi connectivity index (χ1v) is 7.61. The van der Waals surface area contributed by atoms with Crippen LogP contribution in [-0.2, 0) is 0 Å². The summed E-state index contributed by atoms with van der Waals surface area (Å²) in [6, 6.07) is 7.68. The second-order valence-electron chi connectivity index (χ2n) is 4.24. The van der Waals surface area contributed by atoms with Crippen molar-refractivity contribution in [3.8, 4) is 0 Å². The second-order valence-corrected chi connectivity index (χ2v) is 5.15. The van der Waals surface area contributed by atoms with Crippen LogP contribution in [0.2, 0.25) is 0 Å². The van der Waals surface area contributed by atoms with E-state index < -0.39 is 0 Å². The van der Waals surface area contributed by atoms with E-state index in [0.29, 0.717) is 12.1 Å². The van der Waals surface area contributed by atoms with Crippen molar-refractivity contribution in [2.75, 3.05) is 12.0 Å². The fraction of sp³-hybridized carbons (Fsp3) is 0.571. The van der Waals surface area contributed by atoms with Gasteiger partial charge in [0.25, 0.3) is 0 Å². The molecule has 0 aliphatic carbocycles. The summed E-state index contributed by atoms with van der Waals surface area (Å²) in [5.41, 5.74) is 1.17. The van der Waals surface area contributed by atoms with Crippen LogP contribution in [0.25, 0.3) is 0 Å². The topological polar surface area (TPSA) is 12.0 Å². The fourth-order valence-corrected chi connectivity index (χ4v) is 2.65. The van der Waals surface area contributed by atoms with Gasteiger partial charge in [-0.2, -0.15) is 11.8 Å². The second kappa shape index (κ2) is 7.72. The minimum Gasteiger partial charge on any atom is -0.306 e. The molecule has 0 amide bonds. The molecule has 0 saturated heterocycles. The SMILES string of the molecule is CCC(CSC)NC(CC)c1ccc(F)cc1. The Hall–Kier alpha value is -0.540. The highest BCUT2D eigenvalue weighted by molar-refractivity contribution is 7.98. The lowest BCUT2D eigenvalue weighted by Crippen LogP contribution is -2.34. The van der Waals surface area contributed by atoms with Gasteiger partial charge in [0.1, 0.15) is 5.82 Å². The predicted molar refractivity (Wildman–Crippen MR) is 75.0 cm³/mol. The van der Waals surface area contributed by atoms with Crippen molar-refractivity contribution in [1.82, 2.24) is 5.32 Å². The van der Waals surface area contributed by atoms with Crippen molar-refractivity contribution in [3.05, 3.63) is 35.6 Å². The molecule has 2 unspecified atom stereocenters. The molecule has 1 nitrogen and oxygen atoms in total. The summed E-state index contributed by atoms with van der Waals surface area (Å²) in [5.74, 6) is 0.952. The zero-order chi connectivity index (χ0) is 12.7. The molecule has 3 heteroatoms. The summed E-state index contributed by atoms with van der Waals surface area (Å²) < 4.78 is 12.9. The number of rotatable bonds is 7. The van der Waals surface area contributed by atoms with Crippen molar-refractivity contribution in [1.29, 1.82) is 0 Å². The van der Waals surface area contributed by atoms with Gasteiger partial charge in [-0.05, 0) is 36.8 Å². The lowest BCUT2D eigenvalue weighted by molar-refractivity contribution is 0.441. The van der Waals surface area contributed by atoms with E-state index in [1.54, 1.807) is 0 Å². The maximum absolute atomic E-state index is 12.9. The monoisotopic (exact) mass is 255 g/mol. The van der Waals surface area contributed by atoms with E-state index in [2.05, 4.69) is 25.4 Å². The van der Waals surface area contributed by atoms with Crippen molar-refractivity contribution in [3.63, 3.8) is 0 Å². The summed E-state index contributed by atoms with van der Waals surface area (Å²) >= 11 is 1.86. The maximum Gasteiger partial charge on any atom is 0.123 e. The zero-order valence-electron chi connectivity index (χ0n) is 10.9. The van der Waals surface area contributed by atoms with E-state index in [-0.39, 0.29) is 5.82 Å². The third-order valence-corrected chi connectivity index (χ3v) is 3.71. The lowest BCUT2D eigenvalue weighted by Gasteiger charge is -2.24. The number of nitrogens with one attached hydrogen (secondary N) is 1. The molecule has 0 spiro atoms. The lowest BCUT2D eigenvalue weighted by atomic mass is 10.0. The van der Waals surface area contributed by atoms with Crippen LogP contribution in [0.3, 0.4) is 0 Å². The van der Waals surface area contributed by atoms with E-state index in [4.69, 9.17) is 0 Å². The van der Waals surface area contributed by atoms with Gasteiger partial charge >= 0.3 is 0 Å². The molecule has 1 rings (SSSR count). The van der Waals surface area contributed by atoms with Gasteiger partial charge in [0.05, 0.1) is 0 Å². The molecule has 0 aromatic heterocycles. The Morgan fingerprint density at radius 3 is 2.29 bits per heavy atom. The summed E-state index contributed by atoms with van der Waals surface area (Å²) in [4.78, 5) is 0. The van der Waals surface area contributed by atoms with Gasteiger partial charge in [-0.1, -0.05) is 26.0 Å². The molecular weight excluding hydrogens is 233 g/mol. The molecule has 0 heterocycles. The van der Waals surface area contributed by atoms with Crippen LogP contribution in [0.5, 0.6) is 0 Å². The molecule has 0 saturated carbocycles. The Morgan fingerprint density at radius 1 is 1.18 bits per heavy atom. The van der Waals surface area contributed by atoms with Crippen LogP contribution in [0.1, 0.15) is 38.3 Å². The third-order valence-electron chi connectivity index (χ3n) is 2.98. The van der Waals surface area contributed by atoms with Crippen LogP contribution in [0.15, 0.2) is 24.3 Å². The van der Waals surface area contributed by atoms with Gasteiger partial charge in [0.15, 0.2) is 0 Å². The molecular formula is C14H22FNS. The van der Waals surface area contributed by atoms with E-state index >= 15 is 0 Å². The highest BCUT2D eigenvalue weighted by Crippen LogP contribution is 2.19. The molecule has 1 aromatic rings. The van der Waals surface area contributed by atoms with Gasteiger partial charge in [-0.3, -0.25) is 0 Å². The van der Waals surface area contributed by atoms with Crippen LogP contribution in [0, 0.1) is 5.82 Å². The van der Waals surface area contributed by atoms with Gasteiger partial charge in [0.2, 0.25) is 0 Å². The zero-order valence-corrected chi connectivity index (χ0v) is 11.7. The maximum atomic E-state index is 12.9. The molecule has 96 valence electrons. The van der Waals surface area contributed by atoms with E-state index in [9.17, 15) is 4.39 Å². The molecule has 1 N–H and O–H groups in total. The first kappa shape index (κ1) is 14.5. The molecule has 0 aliphatic heterocycles. The minimum atomic E-state index is -0.167. The molecule has 0 fully saturated rings. The average molecular weight is 255 g/mol. The van der Waals surface area contributed by atoms with E-state index in [1.165, 1.54) is 17.7 Å². The van der Waals surface area contributed by atoms with E-state index in [1.807, 2.05) is 23.9 Å². The Balaban J connectivity index is 2.67. The Kier molecular flexibility index (Phi) is 6.60. The molecule has 0 radical (unpaired) electrons. The number of benzene rings is 1. The van der Waals surface area contributed by atoms with Gasteiger partial charge in [-0.25, -0.2) is 4.39 Å². The van der Waals surface area contributed by atoms with Crippen LogP contribution in [-0.4, -0.2) is 18.1 Å². The Morgan fingerprint density at radius 2 is 1.82 bits per heavy atom. The number of halogens is 1. The third kappa shape index (κ3) is 4.68. The smallest absolute Gasteiger partial charge is 0.123 e. The molecule has 0 aliphatic rings. The summed E-state index contributed by atoms with van der Waals surface area (Å²) in [5, 5.41) is 3.65. The van der Waals surface area contributed by atoms with Crippen molar-refractivity contribution >= 4 is 11.8 Å². The summed E-state index contributed by atoms with van der Waals surface area (Å²) in [7, 11) is 0. The average Bonchev–Trinajstić information content (AvgIpc) is 2.36. The quantitative estimate of drug-likeness (QED) is 0.790. The largest absolute Gasteiger partial charge is 0.306 e. The first-order chi connectivity index (χ1) is 8.21. The molecule has 17 heavy (non-hydrogen) atoms. The molecule has 0 bridgehead atoms. The van der Waals surface area contributed by atoms with Crippen LogP contribution < -0.4 is 5.32 Å². The van der Waals surface area contributed by atoms with Crippen molar-refractivity contribution < 1.29 is 4.39 Å². The Bertz CT molecular complexity index is 313. The number of hydrogen-bond donors (Lipinski definition) is 1. The Labute approximate surface area is 108 Å². The van der Waals surface area contributed by atoms with Gasteiger partial charge in [-0.15, -0.1) is 0 Å². The predicted octanol–water partition coefficient (Wildman–Crippen LogP) is 4.01. The minimum absolute atomic E-state index is 0.167.